The van der Waals surface area contributed by atoms with E-state index in [9.17, 15) is 19.7 Å². The lowest BCUT2D eigenvalue weighted by atomic mass is 10.3. The second kappa shape index (κ2) is 8.23. The summed E-state index contributed by atoms with van der Waals surface area (Å²) in [4.78, 5) is 34.8. The van der Waals surface area contributed by atoms with E-state index in [2.05, 4.69) is 20.8 Å². The van der Waals surface area contributed by atoms with Gasteiger partial charge >= 0.3 is 5.69 Å². The van der Waals surface area contributed by atoms with E-state index < -0.39 is 10.8 Å². The van der Waals surface area contributed by atoms with Crippen molar-refractivity contribution in [2.75, 3.05) is 11.9 Å². The molecule has 140 valence electrons. The van der Waals surface area contributed by atoms with Crippen LogP contribution >= 0.6 is 0 Å². The molecule has 0 radical (unpaired) electrons. The van der Waals surface area contributed by atoms with E-state index in [-0.39, 0.29) is 35.2 Å². The molecule has 0 atom stereocenters. The third-order valence-electron chi connectivity index (χ3n) is 3.68. The highest BCUT2D eigenvalue weighted by Crippen LogP contribution is 2.17. The first-order valence-electron chi connectivity index (χ1n) is 8.19. The Kier molecular flexibility index (Phi) is 6.04. The maximum absolute atomic E-state index is 12.3. The van der Waals surface area contributed by atoms with Crippen LogP contribution in [0.5, 0.6) is 0 Å². The number of carbonyl (C=O) groups is 2. The van der Waals surface area contributed by atoms with Gasteiger partial charge in [-0.15, -0.1) is 0 Å². The Hall–Kier alpha value is -3.24. The first kappa shape index (κ1) is 19.1. The maximum Gasteiger partial charge on any atom is 0.309 e. The Morgan fingerprint density at radius 1 is 1.35 bits per heavy atom. The van der Waals surface area contributed by atoms with Crippen molar-refractivity contribution in [3.05, 3.63) is 33.9 Å². The predicted molar refractivity (Wildman–Crippen MR) is 92.8 cm³/mol. The second-order valence-electron chi connectivity index (χ2n) is 5.58. The Balaban J connectivity index is 2.14. The van der Waals surface area contributed by atoms with Gasteiger partial charge in [-0.2, -0.15) is 10.2 Å². The largest absolute Gasteiger partial charge is 0.351 e. The lowest BCUT2D eigenvalue weighted by Crippen LogP contribution is -2.27. The summed E-state index contributed by atoms with van der Waals surface area (Å²) in [7, 11) is 0. The van der Waals surface area contributed by atoms with Crippen LogP contribution < -0.4 is 10.6 Å². The molecule has 0 bridgehead atoms. The first-order chi connectivity index (χ1) is 12.4. The van der Waals surface area contributed by atoms with E-state index in [1.807, 2.05) is 13.8 Å². The smallest absolute Gasteiger partial charge is 0.309 e. The molecule has 2 rings (SSSR count). The minimum Gasteiger partial charge on any atom is -0.351 e. The molecule has 11 heteroatoms. The summed E-state index contributed by atoms with van der Waals surface area (Å²) in [5.74, 6) is -0.841. The quantitative estimate of drug-likeness (QED) is 0.532. The van der Waals surface area contributed by atoms with Gasteiger partial charge in [0.2, 0.25) is 5.91 Å². The molecule has 0 aliphatic carbocycles. The van der Waals surface area contributed by atoms with Gasteiger partial charge in [-0.3, -0.25) is 29.1 Å². The zero-order valence-electron chi connectivity index (χ0n) is 14.9. The van der Waals surface area contributed by atoms with Crippen LogP contribution in [0.1, 0.15) is 36.5 Å². The van der Waals surface area contributed by atoms with E-state index in [4.69, 9.17) is 0 Å². The topological polar surface area (TPSA) is 137 Å². The van der Waals surface area contributed by atoms with Crippen LogP contribution in [0.25, 0.3) is 0 Å². The summed E-state index contributed by atoms with van der Waals surface area (Å²) in [6.07, 6.45) is 3.44. The monoisotopic (exact) mass is 363 g/mol. The number of nitro groups is 1. The molecule has 0 aromatic carbocycles. The third-order valence-corrected chi connectivity index (χ3v) is 3.68. The molecular weight excluding hydrogens is 342 g/mol. The van der Waals surface area contributed by atoms with Gasteiger partial charge in [0.05, 0.1) is 10.6 Å². The number of carbonyl (C=O) groups excluding carboxylic acids is 2. The number of nitrogens with one attached hydrogen (secondary N) is 2. The summed E-state index contributed by atoms with van der Waals surface area (Å²) in [5.41, 5.74) is 0.521. The molecule has 2 N–H and O–H groups in total. The molecule has 2 aromatic rings. The zero-order valence-corrected chi connectivity index (χ0v) is 14.9. The Morgan fingerprint density at radius 2 is 2.08 bits per heavy atom. The Labute approximate surface area is 149 Å². The lowest BCUT2D eigenvalue weighted by molar-refractivity contribution is -0.385. The van der Waals surface area contributed by atoms with Crippen LogP contribution in [0.15, 0.2) is 12.4 Å². The average molecular weight is 363 g/mol. The van der Waals surface area contributed by atoms with Gasteiger partial charge in [-0.05, 0) is 20.3 Å². The summed E-state index contributed by atoms with van der Waals surface area (Å²) in [6, 6.07) is 0. The summed E-state index contributed by atoms with van der Waals surface area (Å²) >= 11 is 0. The number of amides is 2. The van der Waals surface area contributed by atoms with Gasteiger partial charge in [0.1, 0.15) is 18.4 Å². The molecule has 2 amide bonds. The standard InChI is InChI=1S/C15H21N7O4/c1-4-6-16-15(24)14-11(8-20(5-2)19-14)18-13(23)9-21-10(3)12(7-17-21)22(25)26/h7-8H,4-6,9H2,1-3H3,(H,16,24)(H,18,23). The fraction of sp³-hybridized carbons (Fsp3) is 0.467. The zero-order chi connectivity index (χ0) is 19.3. The fourth-order valence-electron chi connectivity index (χ4n) is 2.27. The van der Waals surface area contributed by atoms with Crippen LogP contribution in [0.2, 0.25) is 0 Å². The Morgan fingerprint density at radius 3 is 2.65 bits per heavy atom. The van der Waals surface area contributed by atoms with Crippen molar-refractivity contribution < 1.29 is 14.5 Å². The van der Waals surface area contributed by atoms with E-state index in [0.29, 0.717) is 13.1 Å². The van der Waals surface area contributed by atoms with Crippen molar-refractivity contribution in [3.63, 3.8) is 0 Å². The van der Waals surface area contributed by atoms with Crippen molar-refractivity contribution in [2.24, 2.45) is 0 Å². The van der Waals surface area contributed by atoms with E-state index in [1.54, 1.807) is 10.9 Å². The van der Waals surface area contributed by atoms with Crippen molar-refractivity contribution in [1.82, 2.24) is 24.9 Å². The normalized spacial score (nSPS) is 10.6. The number of hydrogen-bond acceptors (Lipinski definition) is 6. The van der Waals surface area contributed by atoms with Gasteiger partial charge in [0, 0.05) is 19.3 Å². The molecule has 0 aliphatic heterocycles. The predicted octanol–water partition coefficient (Wildman–Crippen LogP) is 1.09. The van der Waals surface area contributed by atoms with Gasteiger partial charge in [-0.1, -0.05) is 6.92 Å². The number of nitrogens with zero attached hydrogens (tertiary/aromatic N) is 5. The molecule has 0 saturated carbocycles. The van der Waals surface area contributed by atoms with E-state index in [1.165, 1.54) is 11.6 Å². The molecule has 0 aliphatic rings. The van der Waals surface area contributed by atoms with E-state index >= 15 is 0 Å². The number of aromatic nitrogens is 4. The minimum atomic E-state index is -0.557. The molecule has 2 aromatic heterocycles. The highest BCUT2D eigenvalue weighted by atomic mass is 16.6. The van der Waals surface area contributed by atoms with Crippen molar-refractivity contribution in [3.8, 4) is 0 Å². The van der Waals surface area contributed by atoms with Gasteiger partial charge in [-0.25, -0.2) is 0 Å². The first-order valence-corrected chi connectivity index (χ1v) is 8.19. The number of anilines is 1. The number of aryl methyl sites for hydroxylation is 1. The molecule has 26 heavy (non-hydrogen) atoms. The minimum absolute atomic E-state index is 0.122. The molecule has 0 saturated heterocycles. The van der Waals surface area contributed by atoms with Crippen LogP contribution in [-0.2, 0) is 17.9 Å². The molecule has 11 nitrogen and oxygen atoms in total. The lowest BCUT2D eigenvalue weighted by Gasteiger charge is -2.07. The van der Waals surface area contributed by atoms with Crippen LogP contribution in [0.3, 0.4) is 0 Å². The molecule has 0 fully saturated rings. The summed E-state index contributed by atoms with van der Waals surface area (Å²) < 4.78 is 2.77. The van der Waals surface area contributed by atoms with Crippen molar-refractivity contribution >= 4 is 23.2 Å². The third kappa shape index (κ3) is 4.23. The van der Waals surface area contributed by atoms with Gasteiger partial charge < -0.3 is 10.6 Å². The highest BCUT2D eigenvalue weighted by molar-refractivity contribution is 6.02. The maximum atomic E-state index is 12.3. The second-order valence-corrected chi connectivity index (χ2v) is 5.58. The van der Waals surface area contributed by atoms with Gasteiger partial charge in [0.15, 0.2) is 5.69 Å². The van der Waals surface area contributed by atoms with Gasteiger partial charge in [0.25, 0.3) is 5.91 Å². The summed E-state index contributed by atoms with van der Waals surface area (Å²) in [5, 5.41) is 24.2. The Bertz CT molecular complexity index is 824. The van der Waals surface area contributed by atoms with Crippen LogP contribution in [0, 0.1) is 17.0 Å². The van der Waals surface area contributed by atoms with Crippen LogP contribution in [0.4, 0.5) is 11.4 Å². The van der Waals surface area contributed by atoms with Crippen LogP contribution in [-0.4, -0.2) is 42.8 Å². The fourth-order valence-corrected chi connectivity index (χ4v) is 2.27. The highest BCUT2D eigenvalue weighted by Gasteiger charge is 2.21. The average Bonchev–Trinajstić information content (AvgIpc) is 3.16. The van der Waals surface area contributed by atoms with Crippen molar-refractivity contribution in [1.29, 1.82) is 0 Å². The van der Waals surface area contributed by atoms with E-state index in [0.717, 1.165) is 12.6 Å². The SMILES string of the molecule is CCCNC(=O)c1nn(CC)cc1NC(=O)Cn1ncc([N+](=O)[O-])c1C. The molecule has 0 spiro atoms. The number of hydrogen-bond donors (Lipinski definition) is 2. The molecule has 2 heterocycles. The molecule has 0 unspecified atom stereocenters. The summed E-state index contributed by atoms with van der Waals surface area (Å²) in [6.45, 7) is 6.12. The van der Waals surface area contributed by atoms with Crippen molar-refractivity contribution in [2.45, 2.75) is 40.3 Å². The molecular formula is C15H21N7O4. The number of rotatable bonds is 8.